The SMILES string of the molecule is COC(=O)c1ccc(CC(=O)c2cccc(O)c2)cc1. The van der Waals surface area contributed by atoms with Crippen LogP contribution < -0.4 is 0 Å². The average molecular weight is 270 g/mol. The van der Waals surface area contributed by atoms with Gasteiger partial charge in [0.25, 0.3) is 0 Å². The van der Waals surface area contributed by atoms with Crippen molar-refractivity contribution in [1.82, 2.24) is 0 Å². The average Bonchev–Trinajstić information content (AvgIpc) is 2.47. The molecular weight excluding hydrogens is 256 g/mol. The molecule has 4 nitrogen and oxygen atoms in total. The topological polar surface area (TPSA) is 63.6 Å². The summed E-state index contributed by atoms with van der Waals surface area (Å²) in [6, 6.07) is 12.9. The molecule has 0 atom stereocenters. The lowest BCUT2D eigenvalue weighted by molar-refractivity contribution is 0.0600. The Kier molecular flexibility index (Phi) is 4.15. The first-order chi connectivity index (χ1) is 9.60. The van der Waals surface area contributed by atoms with Crippen molar-refractivity contribution in [3.05, 3.63) is 65.2 Å². The van der Waals surface area contributed by atoms with Crippen LogP contribution in [0.1, 0.15) is 26.3 Å². The van der Waals surface area contributed by atoms with Crippen molar-refractivity contribution in [3.8, 4) is 5.75 Å². The number of Topliss-reactive ketones (excluding diaryl/α,β-unsaturated/α-hetero) is 1. The number of esters is 1. The van der Waals surface area contributed by atoms with Crippen LogP contribution in [0.25, 0.3) is 0 Å². The van der Waals surface area contributed by atoms with E-state index >= 15 is 0 Å². The number of ether oxygens (including phenoxy) is 1. The number of methoxy groups -OCH3 is 1. The molecule has 0 heterocycles. The monoisotopic (exact) mass is 270 g/mol. The molecule has 2 aromatic rings. The number of phenols is 1. The Morgan fingerprint density at radius 3 is 2.35 bits per heavy atom. The first kappa shape index (κ1) is 13.8. The van der Waals surface area contributed by atoms with E-state index < -0.39 is 5.97 Å². The summed E-state index contributed by atoms with van der Waals surface area (Å²) in [5.74, 6) is -0.431. The number of benzene rings is 2. The Bertz CT molecular complexity index is 629. The minimum absolute atomic E-state index is 0.0666. The van der Waals surface area contributed by atoms with Gasteiger partial charge in [0.15, 0.2) is 5.78 Å². The second kappa shape index (κ2) is 6.02. The number of ketones is 1. The lowest BCUT2D eigenvalue weighted by atomic mass is 10.0. The summed E-state index contributed by atoms with van der Waals surface area (Å²) in [6.07, 6.45) is 0.213. The van der Waals surface area contributed by atoms with Crippen molar-refractivity contribution in [2.45, 2.75) is 6.42 Å². The molecule has 1 N–H and O–H groups in total. The van der Waals surface area contributed by atoms with Crippen molar-refractivity contribution < 1.29 is 19.4 Å². The first-order valence-corrected chi connectivity index (χ1v) is 6.09. The maximum atomic E-state index is 12.0. The Labute approximate surface area is 116 Å². The van der Waals surface area contributed by atoms with E-state index in [4.69, 9.17) is 0 Å². The molecule has 20 heavy (non-hydrogen) atoms. The number of carbonyl (C=O) groups excluding carboxylic acids is 2. The largest absolute Gasteiger partial charge is 0.508 e. The zero-order valence-corrected chi connectivity index (χ0v) is 11.0. The predicted molar refractivity (Wildman–Crippen MR) is 73.9 cm³/mol. The van der Waals surface area contributed by atoms with Gasteiger partial charge in [-0.25, -0.2) is 4.79 Å². The van der Waals surface area contributed by atoms with Gasteiger partial charge < -0.3 is 9.84 Å². The Morgan fingerprint density at radius 2 is 1.75 bits per heavy atom. The lowest BCUT2D eigenvalue weighted by Crippen LogP contribution is -2.05. The summed E-state index contributed by atoms with van der Waals surface area (Å²) < 4.78 is 4.61. The molecule has 0 amide bonds. The highest BCUT2D eigenvalue weighted by atomic mass is 16.5. The van der Waals surface area contributed by atoms with Crippen molar-refractivity contribution in [1.29, 1.82) is 0 Å². The van der Waals surface area contributed by atoms with E-state index in [1.807, 2.05) is 0 Å². The third-order valence-corrected chi connectivity index (χ3v) is 2.91. The zero-order chi connectivity index (χ0) is 14.5. The number of phenolic OH excluding ortho intramolecular Hbond substituents is 1. The Morgan fingerprint density at radius 1 is 1.05 bits per heavy atom. The third-order valence-electron chi connectivity index (χ3n) is 2.91. The number of carbonyl (C=O) groups is 2. The van der Waals surface area contributed by atoms with Crippen LogP contribution in [0, 0.1) is 0 Å². The van der Waals surface area contributed by atoms with Crippen LogP contribution in [0.4, 0.5) is 0 Å². The molecule has 102 valence electrons. The molecule has 0 aromatic heterocycles. The van der Waals surface area contributed by atoms with Crippen molar-refractivity contribution in [3.63, 3.8) is 0 Å². The first-order valence-electron chi connectivity index (χ1n) is 6.09. The summed E-state index contributed by atoms with van der Waals surface area (Å²) >= 11 is 0. The highest BCUT2D eigenvalue weighted by molar-refractivity contribution is 5.98. The maximum absolute atomic E-state index is 12.0. The quantitative estimate of drug-likeness (QED) is 0.685. The molecular formula is C16H14O4. The van der Waals surface area contributed by atoms with Crippen LogP contribution in [0.2, 0.25) is 0 Å². The fourth-order valence-electron chi connectivity index (χ4n) is 1.84. The van der Waals surface area contributed by atoms with Crippen LogP contribution in [0.5, 0.6) is 5.75 Å². The van der Waals surface area contributed by atoms with Crippen LogP contribution in [-0.2, 0) is 11.2 Å². The number of aromatic hydroxyl groups is 1. The van der Waals surface area contributed by atoms with E-state index in [-0.39, 0.29) is 18.0 Å². The van der Waals surface area contributed by atoms with Gasteiger partial charge in [0.2, 0.25) is 0 Å². The molecule has 0 bridgehead atoms. The molecule has 0 saturated carbocycles. The Balaban J connectivity index is 2.10. The molecule has 4 heteroatoms. The normalized spacial score (nSPS) is 10.1. The summed E-state index contributed by atoms with van der Waals surface area (Å²) in [4.78, 5) is 23.3. The lowest BCUT2D eigenvalue weighted by Gasteiger charge is -2.04. The van der Waals surface area contributed by atoms with Gasteiger partial charge >= 0.3 is 5.97 Å². The highest BCUT2D eigenvalue weighted by Gasteiger charge is 2.09. The molecule has 0 spiro atoms. The fourth-order valence-corrected chi connectivity index (χ4v) is 1.84. The van der Waals surface area contributed by atoms with Gasteiger partial charge in [0.1, 0.15) is 5.75 Å². The summed E-state index contributed by atoms with van der Waals surface area (Å²) in [5, 5.41) is 9.35. The van der Waals surface area contributed by atoms with Crippen LogP contribution in [-0.4, -0.2) is 24.0 Å². The molecule has 0 fully saturated rings. The summed E-state index contributed by atoms with van der Waals surface area (Å²) in [7, 11) is 1.32. The summed E-state index contributed by atoms with van der Waals surface area (Å²) in [6.45, 7) is 0. The minimum atomic E-state index is -0.407. The zero-order valence-electron chi connectivity index (χ0n) is 11.0. The second-order valence-corrected chi connectivity index (χ2v) is 4.34. The maximum Gasteiger partial charge on any atom is 0.337 e. The minimum Gasteiger partial charge on any atom is -0.508 e. The van der Waals surface area contributed by atoms with E-state index in [0.29, 0.717) is 11.1 Å². The van der Waals surface area contributed by atoms with Gasteiger partial charge in [0.05, 0.1) is 12.7 Å². The molecule has 2 rings (SSSR count). The molecule has 0 aliphatic carbocycles. The van der Waals surface area contributed by atoms with E-state index in [2.05, 4.69) is 4.74 Å². The number of hydrogen-bond donors (Lipinski definition) is 1. The van der Waals surface area contributed by atoms with E-state index in [9.17, 15) is 14.7 Å². The third kappa shape index (κ3) is 3.23. The molecule has 2 aromatic carbocycles. The van der Waals surface area contributed by atoms with Gasteiger partial charge in [-0.2, -0.15) is 0 Å². The van der Waals surface area contributed by atoms with Gasteiger partial charge in [-0.1, -0.05) is 24.3 Å². The fraction of sp³-hybridized carbons (Fsp3) is 0.125. The van der Waals surface area contributed by atoms with E-state index in [0.717, 1.165) is 5.56 Å². The van der Waals surface area contributed by atoms with Crippen LogP contribution >= 0.6 is 0 Å². The molecule has 0 unspecified atom stereocenters. The molecule has 0 saturated heterocycles. The highest BCUT2D eigenvalue weighted by Crippen LogP contribution is 2.14. The van der Waals surface area contributed by atoms with Crippen molar-refractivity contribution in [2.24, 2.45) is 0 Å². The van der Waals surface area contributed by atoms with E-state index in [1.165, 1.54) is 19.2 Å². The van der Waals surface area contributed by atoms with E-state index in [1.54, 1.807) is 36.4 Å². The number of hydrogen-bond acceptors (Lipinski definition) is 4. The predicted octanol–water partition coefficient (Wildman–Crippen LogP) is 2.60. The van der Waals surface area contributed by atoms with Crippen molar-refractivity contribution >= 4 is 11.8 Å². The van der Waals surface area contributed by atoms with Crippen LogP contribution in [0.15, 0.2) is 48.5 Å². The second-order valence-electron chi connectivity index (χ2n) is 4.34. The Hall–Kier alpha value is -2.62. The van der Waals surface area contributed by atoms with Crippen LogP contribution in [0.3, 0.4) is 0 Å². The standard InChI is InChI=1S/C16H14O4/c1-20-16(19)12-7-5-11(6-8-12)9-15(18)13-3-2-4-14(17)10-13/h2-8,10,17H,9H2,1H3. The summed E-state index contributed by atoms with van der Waals surface area (Å²) in [5.41, 5.74) is 1.70. The molecule has 0 aliphatic heterocycles. The van der Waals surface area contributed by atoms with Gasteiger partial charge in [-0.15, -0.1) is 0 Å². The smallest absolute Gasteiger partial charge is 0.337 e. The number of rotatable bonds is 4. The van der Waals surface area contributed by atoms with Gasteiger partial charge in [-0.3, -0.25) is 4.79 Å². The van der Waals surface area contributed by atoms with Gasteiger partial charge in [-0.05, 0) is 29.8 Å². The molecule has 0 aliphatic rings. The van der Waals surface area contributed by atoms with Gasteiger partial charge in [0, 0.05) is 12.0 Å². The molecule has 0 radical (unpaired) electrons. The van der Waals surface area contributed by atoms with Crippen molar-refractivity contribution in [2.75, 3.05) is 7.11 Å².